The molecule has 1 aromatic rings. The molecule has 0 aliphatic rings. The molecule has 0 saturated heterocycles. The average Bonchev–Trinajstić information content (AvgIpc) is 2.27. The molecule has 0 atom stereocenters. The van der Waals surface area contributed by atoms with Crippen LogP contribution in [0.4, 0.5) is 0 Å². The lowest BCUT2D eigenvalue weighted by Gasteiger charge is -2.05. The van der Waals surface area contributed by atoms with Crippen LogP contribution in [0.3, 0.4) is 0 Å². The summed E-state index contributed by atoms with van der Waals surface area (Å²) in [6.45, 7) is 4.04. The van der Waals surface area contributed by atoms with Gasteiger partial charge < -0.3 is 5.11 Å². The number of carboxylic acid groups (broad SMARTS) is 1. The molecule has 4 heteroatoms. The van der Waals surface area contributed by atoms with Gasteiger partial charge in [-0.25, -0.2) is 0 Å². The Labute approximate surface area is 99.3 Å². The van der Waals surface area contributed by atoms with Crippen molar-refractivity contribution in [3.05, 3.63) is 35.4 Å². The number of Topliss-reactive ketones (excluding diaryl/α,β-unsaturated/α-hetero) is 2. The summed E-state index contributed by atoms with van der Waals surface area (Å²) in [7, 11) is 0. The van der Waals surface area contributed by atoms with Crippen LogP contribution in [-0.2, 0) is 9.59 Å². The van der Waals surface area contributed by atoms with Gasteiger partial charge in [-0.3, -0.25) is 14.4 Å². The Morgan fingerprint density at radius 1 is 1.12 bits per heavy atom. The molecular formula is C13H14O4. The normalized spacial score (nSPS) is 10.3. The first-order valence-corrected chi connectivity index (χ1v) is 5.31. The SMILES string of the molecule is CC(C)c1ccc(C(=O)C(=O)CC(=O)O)cc1. The second kappa shape index (κ2) is 5.39. The largest absolute Gasteiger partial charge is 0.481 e. The van der Waals surface area contributed by atoms with E-state index in [-0.39, 0.29) is 5.56 Å². The average molecular weight is 234 g/mol. The Morgan fingerprint density at radius 3 is 2.06 bits per heavy atom. The third-order valence-electron chi connectivity index (χ3n) is 2.40. The van der Waals surface area contributed by atoms with E-state index in [2.05, 4.69) is 0 Å². The van der Waals surface area contributed by atoms with Gasteiger partial charge in [0.1, 0.15) is 6.42 Å². The summed E-state index contributed by atoms with van der Waals surface area (Å²) in [4.78, 5) is 33.1. The zero-order valence-electron chi connectivity index (χ0n) is 9.77. The molecule has 17 heavy (non-hydrogen) atoms. The minimum atomic E-state index is -1.29. The minimum absolute atomic E-state index is 0.237. The highest BCUT2D eigenvalue weighted by Gasteiger charge is 2.18. The molecule has 0 aliphatic heterocycles. The molecule has 0 aromatic heterocycles. The Balaban J connectivity index is 2.83. The number of hydrogen-bond acceptors (Lipinski definition) is 3. The maximum atomic E-state index is 11.5. The Kier molecular flexibility index (Phi) is 4.15. The van der Waals surface area contributed by atoms with Gasteiger partial charge in [0, 0.05) is 5.56 Å². The maximum absolute atomic E-state index is 11.5. The standard InChI is InChI=1S/C13H14O4/c1-8(2)9-3-5-10(6-4-9)13(17)11(14)7-12(15)16/h3-6,8H,7H2,1-2H3,(H,15,16). The summed E-state index contributed by atoms with van der Waals surface area (Å²) in [6.07, 6.45) is -0.759. The molecule has 90 valence electrons. The zero-order chi connectivity index (χ0) is 13.0. The molecule has 0 fully saturated rings. The van der Waals surface area contributed by atoms with Crippen LogP contribution < -0.4 is 0 Å². The van der Waals surface area contributed by atoms with Crippen molar-refractivity contribution >= 4 is 17.5 Å². The van der Waals surface area contributed by atoms with Crippen LogP contribution in [-0.4, -0.2) is 22.6 Å². The number of carbonyl (C=O) groups is 3. The molecule has 0 amide bonds. The number of benzene rings is 1. The van der Waals surface area contributed by atoms with Crippen molar-refractivity contribution in [2.45, 2.75) is 26.2 Å². The highest BCUT2D eigenvalue weighted by atomic mass is 16.4. The summed E-state index contributed by atoms with van der Waals surface area (Å²) in [6, 6.07) is 6.65. The summed E-state index contributed by atoms with van der Waals surface area (Å²) >= 11 is 0. The Morgan fingerprint density at radius 2 is 1.65 bits per heavy atom. The van der Waals surface area contributed by atoms with E-state index < -0.39 is 24.0 Å². The van der Waals surface area contributed by atoms with Gasteiger partial charge in [-0.15, -0.1) is 0 Å². The lowest BCUT2D eigenvalue weighted by Crippen LogP contribution is -2.17. The quantitative estimate of drug-likeness (QED) is 0.480. The van der Waals surface area contributed by atoms with Crippen molar-refractivity contribution in [2.24, 2.45) is 0 Å². The van der Waals surface area contributed by atoms with E-state index in [0.29, 0.717) is 5.92 Å². The summed E-state index contributed by atoms with van der Waals surface area (Å²) < 4.78 is 0. The van der Waals surface area contributed by atoms with Crippen molar-refractivity contribution in [3.63, 3.8) is 0 Å². The molecule has 0 spiro atoms. The van der Waals surface area contributed by atoms with Crippen LogP contribution in [0.25, 0.3) is 0 Å². The van der Waals surface area contributed by atoms with E-state index in [4.69, 9.17) is 5.11 Å². The van der Waals surface area contributed by atoms with Crippen molar-refractivity contribution in [1.29, 1.82) is 0 Å². The molecule has 1 rings (SSSR count). The number of aliphatic carboxylic acids is 1. The van der Waals surface area contributed by atoms with Crippen LogP contribution in [0.5, 0.6) is 0 Å². The van der Waals surface area contributed by atoms with E-state index in [1.165, 1.54) is 0 Å². The van der Waals surface area contributed by atoms with E-state index in [0.717, 1.165) is 5.56 Å². The Hall–Kier alpha value is -1.97. The molecular weight excluding hydrogens is 220 g/mol. The third-order valence-corrected chi connectivity index (χ3v) is 2.40. The number of carbonyl (C=O) groups excluding carboxylic acids is 2. The van der Waals surface area contributed by atoms with Crippen molar-refractivity contribution in [1.82, 2.24) is 0 Å². The lowest BCUT2D eigenvalue weighted by atomic mass is 9.99. The fourth-order valence-electron chi connectivity index (χ4n) is 1.40. The van der Waals surface area contributed by atoms with Gasteiger partial charge in [0.05, 0.1) is 0 Å². The highest BCUT2D eigenvalue weighted by Crippen LogP contribution is 2.15. The second-order valence-corrected chi connectivity index (χ2v) is 4.10. The van der Waals surface area contributed by atoms with Crippen LogP contribution >= 0.6 is 0 Å². The molecule has 0 aliphatic carbocycles. The molecule has 4 nitrogen and oxygen atoms in total. The predicted octanol–water partition coefficient (Wildman–Crippen LogP) is 2.04. The first-order chi connectivity index (χ1) is 7.91. The molecule has 1 N–H and O–H groups in total. The predicted molar refractivity (Wildman–Crippen MR) is 62.1 cm³/mol. The number of carboxylic acids is 1. The van der Waals surface area contributed by atoms with Gasteiger partial charge in [-0.05, 0) is 11.5 Å². The maximum Gasteiger partial charge on any atom is 0.311 e. The van der Waals surface area contributed by atoms with E-state index in [1.54, 1.807) is 24.3 Å². The Bertz CT molecular complexity index is 443. The summed E-state index contributed by atoms with van der Waals surface area (Å²) in [5.74, 6) is -2.59. The van der Waals surface area contributed by atoms with Gasteiger partial charge in [-0.1, -0.05) is 38.1 Å². The zero-order valence-corrected chi connectivity index (χ0v) is 9.77. The van der Waals surface area contributed by atoms with E-state index in [1.807, 2.05) is 13.8 Å². The summed E-state index contributed by atoms with van der Waals surface area (Å²) in [5, 5.41) is 8.42. The van der Waals surface area contributed by atoms with Gasteiger partial charge in [-0.2, -0.15) is 0 Å². The number of rotatable bonds is 5. The van der Waals surface area contributed by atoms with Crippen LogP contribution in [0, 0.1) is 0 Å². The van der Waals surface area contributed by atoms with Crippen LogP contribution in [0.1, 0.15) is 42.1 Å². The number of ketones is 2. The lowest BCUT2D eigenvalue weighted by molar-refractivity contribution is -0.139. The smallest absolute Gasteiger partial charge is 0.311 e. The molecule has 0 bridgehead atoms. The number of hydrogen-bond donors (Lipinski definition) is 1. The van der Waals surface area contributed by atoms with Crippen molar-refractivity contribution < 1.29 is 19.5 Å². The molecule has 0 unspecified atom stereocenters. The molecule has 0 radical (unpaired) electrons. The van der Waals surface area contributed by atoms with E-state index in [9.17, 15) is 14.4 Å². The van der Waals surface area contributed by atoms with Crippen molar-refractivity contribution in [2.75, 3.05) is 0 Å². The fourth-order valence-corrected chi connectivity index (χ4v) is 1.40. The monoisotopic (exact) mass is 234 g/mol. The van der Waals surface area contributed by atoms with Crippen LogP contribution in [0.15, 0.2) is 24.3 Å². The topological polar surface area (TPSA) is 71.4 Å². The van der Waals surface area contributed by atoms with Gasteiger partial charge in [0.2, 0.25) is 11.6 Å². The molecule has 0 saturated carbocycles. The van der Waals surface area contributed by atoms with Crippen molar-refractivity contribution in [3.8, 4) is 0 Å². The summed E-state index contributed by atoms with van der Waals surface area (Å²) in [5.41, 5.74) is 1.30. The third kappa shape index (κ3) is 3.52. The first-order valence-electron chi connectivity index (χ1n) is 5.31. The molecule has 1 aromatic carbocycles. The molecule has 0 heterocycles. The van der Waals surface area contributed by atoms with Crippen LogP contribution in [0.2, 0.25) is 0 Å². The van der Waals surface area contributed by atoms with Gasteiger partial charge in [0.15, 0.2) is 0 Å². The first kappa shape index (κ1) is 13.1. The van der Waals surface area contributed by atoms with Gasteiger partial charge >= 0.3 is 5.97 Å². The highest BCUT2D eigenvalue weighted by molar-refractivity contribution is 6.45. The van der Waals surface area contributed by atoms with E-state index >= 15 is 0 Å². The fraction of sp³-hybridized carbons (Fsp3) is 0.308. The second-order valence-electron chi connectivity index (χ2n) is 4.10. The minimum Gasteiger partial charge on any atom is -0.481 e. The van der Waals surface area contributed by atoms with Gasteiger partial charge in [0.25, 0.3) is 0 Å².